The summed E-state index contributed by atoms with van der Waals surface area (Å²) in [5.74, 6) is 0. The third-order valence-electron chi connectivity index (χ3n) is 2.00. The maximum Gasteiger partial charge on any atom is 0.0713 e. The number of methoxy groups -OCH3 is 1. The van der Waals surface area contributed by atoms with Crippen molar-refractivity contribution in [3.8, 4) is 0 Å². The van der Waals surface area contributed by atoms with Crippen LogP contribution in [0.5, 0.6) is 0 Å². The van der Waals surface area contributed by atoms with Gasteiger partial charge in [-0.25, -0.2) is 0 Å². The molecule has 13 heavy (non-hydrogen) atoms. The molecule has 0 N–H and O–H groups in total. The van der Waals surface area contributed by atoms with E-state index in [1.54, 1.807) is 7.11 Å². The second kappa shape index (κ2) is 4.83. The van der Waals surface area contributed by atoms with Gasteiger partial charge >= 0.3 is 0 Å². The first-order valence-corrected chi connectivity index (χ1v) is 4.32. The number of rotatable bonds is 3. The van der Waals surface area contributed by atoms with Crippen LogP contribution in [-0.2, 0) is 11.3 Å². The Balaban J connectivity index is 2.91. The van der Waals surface area contributed by atoms with Crippen LogP contribution in [-0.4, -0.2) is 7.11 Å². The molecule has 1 rings (SSSR count). The Labute approximate surface area is 80.0 Å². The van der Waals surface area contributed by atoms with Crippen LogP contribution in [0.15, 0.2) is 30.3 Å². The van der Waals surface area contributed by atoms with Gasteiger partial charge in [-0.1, -0.05) is 24.3 Å². The zero-order valence-corrected chi connectivity index (χ0v) is 8.21. The van der Waals surface area contributed by atoms with Gasteiger partial charge in [0.05, 0.1) is 6.61 Å². The van der Waals surface area contributed by atoms with Crippen LogP contribution in [0.3, 0.4) is 0 Å². The number of hydrogen-bond donors (Lipinski definition) is 0. The minimum atomic E-state index is 0.665. The van der Waals surface area contributed by atoms with Gasteiger partial charge in [0.25, 0.3) is 0 Å². The first-order chi connectivity index (χ1) is 6.27. The first-order valence-electron chi connectivity index (χ1n) is 4.32. The lowest BCUT2D eigenvalue weighted by Crippen LogP contribution is -1.88. The zero-order valence-electron chi connectivity index (χ0n) is 8.21. The predicted molar refractivity (Wildman–Crippen MR) is 56.2 cm³/mol. The number of ether oxygens (including phenoxy) is 1. The van der Waals surface area contributed by atoms with Crippen molar-refractivity contribution in [1.82, 2.24) is 0 Å². The molecule has 0 aromatic heterocycles. The van der Waals surface area contributed by atoms with Crippen molar-refractivity contribution in [3.05, 3.63) is 48.4 Å². The van der Waals surface area contributed by atoms with Crippen LogP contribution >= 0.6 is 0 Å². The van der Waals surface area contributed by atoms with Crippen molar-refractivity contribution in [2.75, 3.05) is 7.11 Å². The van der Waals surface area contributed by atoms with Crippen LogP contribution in [0, 0.1) is 6.92 Å². The highest BCUT2D eigenvalue weighted by Gasteiger charge is 1.96. The minimum Gasteiger partial charge on any atom is -0.380 e. The average molecular weight is 175 g/mol. The van der Waals surface area contributed by atoms with Crippen molar-refractivity contribution < 1.29 is 4.74 Å². The predicted octanol–water partition coefficient (Wildman–Crippen LogP) is 3.07. The molecule has 0 atom stereocenters. The Morgan fingerprint density at radius 3 is 2.92 bits per heavy atom. The van der Waals surface area contributed by atoms with Crippen LogP contribution < -0.4 is 0 Å². The molecule has 1 aromatic rings. The summed E-state index contributed by atoms with van der Waals surface area (Å²) in [6.07, 6.45) is 1.87. The quantitative estimate of drug-likeness (QED) is 0.686. The maximum absolute atomic E-state index is 5.06. The lowest BCUT2D eigenvalue weighted by Gasteiger charge is -2.04. The standard InChI is InChI=1S/C12H15O/c1-4-10(2)12-7-5-6-11(8-12)9-13-3/h4-8H,1,9H2,2-3H3. The first kappa shape index (κ1) is 10.0. The molecule has 0 spiro atoms. The summed E-state index contributed by atoms with van der Waals surface area (Å²) in [6.45, 7) is 6.46. The van der Waals surface area contributed by atoms with E-state index in [0.29, 0.717) is 6.61 Å². The van der Waals surface area contributed by atoms with E-state index < -0.39 is 0 Å². The molecule has 1 heteroatoms. The number of benzene rings is 1. The van der Waals surface area contributed by atoms with Crippen LogP contribution in [0.2, 0.25) is 0 Å². The zero-order chi connectivity index (χ0) is 9.68. The SMILES string of the molecule is [CH2]C=C(C)c1cccc(COC)c1. The smallest absolute Gasteiger partial charge is 0.0713 e. The van der Waals surface area contributed by atoms with Crippen molar-refractivity contribution >= 4 is 5.57 Å². The van der Waals surface area contributed by atoms with Gasteiger partial charge in [0.2, 0.25) is 0 Å². The third kappa shape index (κ3) is 2.71. The summed E-state index contributed by atoms with van der Waals surface area (Å²) in [5, 5.41) is 0. The minimum absolute atomic E-state index is 0.665. The molecular formula is C12H15O. The molecule has 0 bridgehead atoms. The fourth-order valence-electron chi connectivity index (χ4n) is 1.19. The summed E-state index contributed by atoms with van der Waals surface area (Å²) in [4.78, 5) is 0. The molecule has 0 saturated heterocycles. The normalized spacial score (nSPS) is 11.8. The van der Waals surface area contributed by atoms with E-state index in [2.05, 4.69) is 32.0 Å². The summed E-state index contributed by atoms with van der Waals surface area (Å²) < 4.78 is 5.06. The Morgan fingerprint density at radius 1 is 1.54 bits per heavy atom. The second-order valence-electron chi connectivity index (χ2n) is 3.02. The van der Waals surface area contributed by atoms with E-state index in [0.717, 1.165) is 0 Å². The van der Waals surface area contributed by atoms with Gasteiger partial charge in [-0.05, 0) is 36.6 Å². The second-order valence-corrected chi connectivity index (χ2v) is 3.02. The molecule has 1 radical (unpaired) electrons. The van der Waals surface area contributed by atoms with Gasteiger partial charge in [-0.15, -0.1) is 0 Å². The molecule has 0 saturated carbocycles. The Bertz CT molecular complexity index is 300. The number of allylic oxidation sites excluding steroid dienone is 2. The Morgan fingerprint density at radius 2 is 2.31 bits per heavy atom. The van der Waals surface area contributed by atoms with Crippen molar-refractivity contribution in [1.29, 1.82) is 0 Å². The summed E-state index contributed by atoms with van der Waals surface area (Å²) >= 11 is 0. The fraction of sp³-hybridized carbons (Fsp3) is 0.250. The van der Waals surface area contributed by atoms with E-state index in [1.807, 2.05) is 12.1 Å². The molecule has 0 aliphatic heterocycles. The lowest BCUT2D eigenvalue weighted by molar-refractivity contribution is 0.185. The molecule has 0 aliphatic rings. The lowest BCUT2D eigenvalue weighted by atomic mass is 10.0. The average Bonchev–Trinajstić information content (AvgIpc) is 2.18. The Hall–Kier alpha value is -1.08. The molecule has 0 unspecified atom stereocenters. The van der Waals surface area contributed by atoms with Gasteiger partial charge < -0.3 is 4.74 Å². The van der Waals surface area contributed by atoms with E-state index in [1.165, 1.54) is 16.7 Å². The van der Waals surface area contributed by atoms with Gasteiger partial charge in [0.1, 0.15) is 0 Å². The molecule has 0 aliphatic carbocycles. The highest BCUT2D eigenvalue weighted by atomic mass is 16.5. The Kier molecular flexibility index (Phi) is 3.71. The molecule has 69 valence electrons. The van der Waals surface area contributed by atoms with Gasteiger partial charge in [0, 0.05) is 7.11 Å². The molecule has 0 fully saturated rings. The van der Waals surface area contributed by atoms with Gasteiger partial charge in [-0.2, -0.15) is 0 Å². The molecule has 0 heterocycles. The van der Waals surface area contributed by atoms with E-state index in [-0.39, 0.29) is 0 Å². The molecule has 1 aromatic carbocycles. The van der Waals surface area contributed by atoms with Crippen LogP contribution in [0.4, 0.5) is 0 Å². The number of hydrogen-bond acceptors (Lipinski definition) is 1. The summed E-state index contributed by atoms with van der Waals surface area (Å²) in [5.41, 5.74) is 3.60. The molecular weight excluding hydrogens is 160 g/mol. The highest BCUT2D eigenvalue weighted by Crippen LogP contribution is 2.15. The van der Waals surface area contributed by atoms with Crippen LogP contribution in [0.25, 0.3) is 5.57 Å². The van der Waals surface area contributed by atoms with E-state index >= 15 is 0 Å². The monoisotopic (exact) mass is 175 g/mol. The summed E-state index contributed by atoms with van der Waals surface area (Å²) in [6, 6.07) is 8.30. The van der Waals surface area contributed by atoms with Crippen molar-refractivity contribution in [2.24, 2.45) is 0 Å². The fourth-order valence-corrected chi connectivity index (χ4v) is 1.19. The maximum atomic E-state index is 5.06. The van der Waals surface area contributed by atoms with Crippen molar-refractivity contribution in [2.45, 2.75) is 13.5 Å². The van der Waals surface area contributed by atoms with Gasteiger partial charge in [0.15, 0.2) is 0 Å². The molecule has 0 amide bonds. The van der Waals surface area contributed by atoms with E-state index in [4.69, 9.17) is 4.74 Å². The highest BCUT2D eigenvalue weighted by molar-refractivity contribution is 5.64. The van der Waals surface area contributed by atoms with Crippen LogP contribution in [0.1, 0.15) is 18.1 Å². The molecule has 1 nitrogen and oxygen atoms in total. The topological polar surface area (TPSA) is 9.23 Å². The van der Waals surface area contributed by atoms with Gasteiger partial charge in [-0.3, -0.25) is 0 Å². The van der Waals surface area contributed by atoms with E-state index in [9.17, 15) is 0 Å². The largest absolute Gasteiger partial charge is 0.380 e. The summed E-state index contributed by atoms with van der Waals surface area (Å²) in [7, 11) is 1.71. The third-order valence-corrected chi connectivity index (χ3v) is 2.00. The van der Waals surface area contributed by atoms with Crippen molar-refractivity contribution in [3.63, 3.8) is 0 Å².